The third-order valence-electron chi connectivity index (χ3n) is 3.79. The van der Waals surface area contributed by atoms with Crippen LogP contribution in [0, 0.1) is 6.92 Å². The predicted octanol–water partition coefficient (Wildman–Crippen LogP) is 3.74. The fourth-order valence-electron chi connectivity index (χ4n) is 2.72. The monoisotopic (exact) mass is 333 g/mol. The van der Waals surface area contributed by atoms with Gasteiger partial charge in [-0.2, -0.15) is 0 Å². The summed E-state index contributed by atoms with van der Waals surface area (Å²) in [6.07, 6.45) is 0. The van der Waals surface area contributed by atoms with Gasteiger partial charge in [-0.15, -0.1) is 0 Å². The Morgan fingerprint density at radius 3 is 2.52 bits per heavy atom. The van der Waals surface area contributed by atoms with Gasteiger partial charge in [-0.05, 0) is 37.2 Å². The molecule has 0 saturated heterocycles. The van der Waals surface area contributed by atoms with Crippen molar-refractivity contribution in [2.24, 2.45) is 0 Å². The smallest absolute Gasteiger partial charge is 0.147 e. The van der Waals surface area contributed by atoms with Gasteiger partial charge in [0.05, 0.1) is 6.54 Å². The van der Waals surface area contributed by atoms with Crippen LogP contribution in [0.5, 0.6) is 0 Å². The molecule has 0 radical (unpaired) electrons. The Kier molecular flexibility index (Phi) is 5.26. The Bertz CT molecular complexity index is 832. The maximum Gasteiger partial charge on any atom is 0.147 e. The number of rotatable bonds is 6. The molecule has 0 aliphatic heterocycles. The maximum absolute atomic E-state index is 5.96. The van der Waals surface area contributed by atoms with Crippen LogP contribution in [0.15, 0.2) is 60.7 Å². The molecule has 3 rings (SSSR count). The molecule has 0 aliphatic carbocycles. The third kappa shape index (κ3) is 5.02. The first kappa shape index (κ1) is 16.9. The van der Waals surface area contributed by atoms with Gasteiger partial charge in [0.1, 0.15) is 17.5 Å². The molecular formula is C20H23N5. The summed E-state index contributed by atoms with van der Waals surface area (Å²) in [5, 5.41) is 3.30. The van der Waals surface area contributed by atoms with Gasteiger partial charge in [0.2, 0.25) is 0 Å². The second kappa shape index (κ2) is 7.77. The predicted molar refractivity (Wildman–Crippen MR) is 103 cm³/mol. The number of nitrogens with one attached hydrogen (secondary N) is 1. The van der Waals surface area contributed by atoms with Crippen LogP contribution in [-0.2, 0) is 13.1 Å². The van der Waals surface area contributed by atoms with Gasteiger partial charge in [0, 0.05) is 18.3 Å². The van der Waals surface area contributed by atoms with Gasteiger partial charge in [0.25, 0.3) is 0 Å². The van der Waals surface area contributed by atoms with Crippen LogP contribution >= 0.6 is 0 Å². The van der Waals surface area contributed by atoms with E-state index in [-0.39, 0.29) is 0 Å². The van der Waals surface area contributed by atoms with E-state index in [9.17, 15) is 0 Å². The second-order valence-corrected chi connectivity index (χ2v) is 6.25. The average Bonchev–Trinajstić information content (AvgIpc) is 2.55. The summed E-state index contributed by atoms with van der Waals surface area (Å²) >= 11 is 0. The molecule has 5 nitrogen and oxygen atoms in total. The number of nitrogen functional groups attached to an aromatic ring is 1. The molecule has 2 aromatic carbocycles. The van der Waals surface area contributed by atoms with E-state index < -0.39 is 0 Å². The Hall–Kier alpha value is -2.92. The van der Waals surface area contributed by atoms with Gasteiger partial charge in [0.15, 0.2) is 0 Å². The minimum atomic E-state index is 0.466. The summed E-state index contributed by atoms with van der Waals surface area (Å²) in [6.45, 7) is 3.52. The van der Waals surface area contributed by atoms with Crippen LogP contribution in [0.4, 0.5) is 17.3 Å². The fourth-order valence-corrected chi connectivity index (χ4v) is 2.72. The van der Waals surface area contributed by atoms with Crippen LogP contribution in [0.3, 0.4) is 0 Å². The van der Waals surface area contributed by atoms with Gasteiger partial charge in [-0.3, -0.25) is 4.90 Å². The van der Waals surface area contributed by atoms with E-state index in [1.165, 1.54) is 11.1 Å². The van der Waals surface area contributed by atoms with Gasteiger partial charge >= 0.3 is 0 Å². The molecule has 25 heavy (non-hydrogen) atoms. The summed E-state index contributed by atoms with van der Waals surface area (Å²) in [6, 6.07) is 20.2. The average molecular weight is 333 g/mol. The number of aromatic nitrogens is 2. The zero-order valence-corrected chi connectivity index (χ0v) is 14.6. The minimum absolute atomic E-state index is 0.466. The lowest BCUT2D eigenvalue weighted by Crippen LogP contribution is -2.19. The molecule has 1 aromatic heterocycles. The highest BCUT2D eigenvalue weighted by molar-refractivity contribution is 5.59. The number of hydrogen-bond donors (Lipinski definition) is 2. The topological polar surface area (TPSA) is 67.1 Å². The molecule has 0 atom stereocenters. The first-order valence-electron chi connectivity index (χ1n) is 8.28. The van der Waals surface area contributed by atoms with E-state index in [4.69, 9.17) is 5.73 Å². The summed E-state index contributed by atoms with van der Waals surface area (Å²) in [5.74, 6) is 1.88. The van der Waals surface area contributed by atoms with Crippen molar-refractivity contribution < 1.29 is 0 Å². The van der Waals surface area contributed by atoms with Crippen LogP contribution in [0.1, 0.15) is 17.0 Å². The van der Waals surface area contributed by atoms with E-state index >= 15 is 0 Å². The number of aryl methyl sites for hydroxylation is 1. The Morgan fingerprint density at radius 1 is 0.960 bits per heavy atom. The standard InChI is InChI=1S/C20H23N5/c1-15-7-6-10-17(11-15)22-19-12-18(21)23-20(24-19)14-25(2)13-16-8-4-3-5-9-16/h3-12H,13-14H2,1-2H3,(H3,21,22,23,24). The number of hydrogen-bond acceptors (Lipinski definition) is 5. The van der Waals surface area contributed by atoms with Crippen molar-refractivity contribution in [3.8, 4) is 0 Å². The second-order valence-electron chi connectivity index (χ2n) is 6.25. The van der Waals surface area contributed by atoms with E-state index in [0.717, 1.165) is 12.2 Å². The minimum Gasteiger partial charge on any atom is -0.384 e. The lowest BCUT2D eigenvalue weighted by molar-refractivity contribution is 0.311. The first-order chi connectivity index (χ1) is 12.1. The molecule has 0 spiro atoms. The highest BCUT2D eigenvalue weighted by Crippen LogP contribution is 2.18. The summed E-state index contributed by atoms with van der Waals surface area (Å²) in [4.78, 5) is 11.1. The van der Waals surface area contributed by atoms with Crippen molar-refractivity contribution in [3.05, 3.63) is 77.6 Å². The van der Waals surface area contributed by atoms with Crippen LogP contribution in [-0.4, -0.2) is 21.9 Å². The van der Waals surface area contributed by atoms with E-state index in [1.807, 2.05) is 37.4 Å². The van der Waals surface area contributed by atoms with Crippen LogP contribution in [0.2, 0.25) is 0 Å². The highest BCUT2D eigenvalue weighted by atomic mass is 15.1. The molecule has 0 saturated carbocycles. The number of benzene rings is 2. The van der Waals surface area contributed by atoms with Crippen LogP contribution in [0.25, 0.3) is 0 Å². The summed E-state index contributed by atoms with van der Waals surface area (Å²) < 4.78 is 0. The van der Waals surface area contributed by atoms with Crippen molar-refractivity contribution in [3.63, 3.8) is 0 Å². The van der Waals surface area contributed by atoms with Crippen molar-refractivity contribution in [2.45, 2.75) is 20.0 Å². The molecule has 128 valence electrons. The quantitative estimate of drug-likeness (QED) is 0.719. The third-order valence-corrected chi connectivity index (χ3v) is 3.79. The van der Waals surface area contributed by atoms with Gasteiger partial charge in [-0.1, -0.05) is 42.5 Å². The summed E-state index contributed by atoms with van der Waals surface area (Å²) in [7, 11) is 2.05. The molecule has 0 fully saturated rings. The Balaban J connectivity index is 1.70. The first-order valence-corrected chi connectivity index (χ1v) is 8.28. The largest absolute Gasteiger partial charge is 0.384 e. The lowest BCUT2D eigenvalue weighted by atomic mass is 10.2. The van der Waals surface area contributed by atoms with Gasteiger partial charge in [-0.25, -0.2) is 9.97 Å². The van der Waals surface area contributed by atoms with Crippen LogP contribution < -0.4 is 11.1 Å². The van der Waals surface area contributed by atoms with E-state index in [0.29, 0.717) is 24.0 Å². The zero-order valence-electron chi connectivity index (χ0n) is 14.6. The number of nitrogens with two attached hydrogens (primary N) is 1. The molecule has 3 N–H and O–H groups in total. The van der Waals surface area contributed by atoms with Crippen molar-refractivity contribution in [1.82, 2.24) is 14.9 Å². The lowest BCUT2D eigenvalue weighted by Gasteiger charge is -2.16. The van der Waals surface area contributed by atoms with Crippen molar-refractivity contribution >= 4 is 17.3 Å². The summed E-state index contributed by atoms with van der Waals surface area (Å²) in [5.41, 5.74) is 9.40. The normalized spacial score (nSPS) is 10.8. The van der Waals surface area contributed by atoms with E-state index in [1.54, 1.807) is 6.07 Å². The Labute approximate surface area is 148 Å². The Morgan fingerprint density at radius 2 is 1.76 bits per heavy atom. The molecule has 0 unspecified atom stereocenters. The van der Waals surface area contributed by atoms with Crippen molar-refractivity contribution in [1.29, 1.82) is 0 Å². The fraction of sp³-hybridized carbons (Fsp3) is 0.200. The molecule has 3 aromatic rings. The molecule has 0 bridgehead atoms. The van der Waals surface area contributed by atoms with E-state index in [2.05, 4.69) is 51.4 Å². The zero-order chi connectivity index (χ0) is 17.6. The SMILES string of the molecule is Cc1cccc(Nc2cc(N)nc(CN(C)Cc3ccccc3)n2)c1. The van der Waals surface area contributed by atoms with Crippen molar-refractivity contribution in [2.75, 3.05) is 18.1 Å². The molecule has 0 amide bonds. The highest BCUT2D eigenvalue weighted by Gasteiger charge is 2.07. The molecule has 0 aliphatic rings. The molecular weight excluding hydrogens is 310 g/mol. The maximum atomic E-state index is 5.96. The molecule has 5 heteroatoms. The van der Waals surface area contributed by atoms with Gasteiger partial charge < -0.3 is 11.1 Å². The number of anilines is 3. The number of nitrogens with zero attached hydrogens (tertiary/aromatic N) is 3. The molecule has 1 heterocycles.